The molecule has 2 N–H and O–H groups in total. The fraction of sp³-hybridized carbons (Fsp3) is 0.167. The zero-order valence-corrected chi connectivity index (χ0v) is 26.1. The molecule has 0 spiro atoms. The van der Waals surface area contributed by atoms with Crippen LogP contribution in [0.2, 0.25) is 10.0 Å². The van der Waals surface area contributed by atoms with Gasteiger partial charge in [0.05, 0.1) is 23.9 Å². The van der Waals surface area contributed by atoms with Crippen molar-refractivity contribution in [3.63, 3.8) is 0 Å². The molecule has 0 saturated carbocycles. The van der Waals surface area contributed by atoms with Crippen LogP contribution in [-0.4, -0.2) is 44.7 Å². The second kappa shape index (κ2) is 13.3. The second-order valence-corrected chi connectivity index (χ2v) is 12.2. The van der Waals surface area contributed by atoms with Gasteiger partial charge in [0.2, 0.25) is 5.91 Å². The fourth-order valence-corrected chi connectivity index (χ4v) is 6.36. The Hall–Kier alpha value is -4.32. The third kappa shape index (κ3) is 7.56. The summed E-state index contributed by atoms with van der Waals surface area (Å²) in [6, 6.07) is 19.0. The van der Waals surface area contributed by atoms with E-state index in [0.717, 1.165) is 26.9 Å². The number of halogens is 2. The summed E-state index contributed by atoms with van der Waals surface area (Å²) in [6.07, 6.45) is 1.48. The summed E-state index contributed by atoms with van der Waals surface area (Å²) in [5.74, 6) is -0.433. The first-order valence-corrected chi connectivity index (χ1v) is 15.1. The van der Waals surface area contributed by atoms with E-state index in [9.17, 15) is 18.0 Å². The summed E-state index contributed by atoms with van der Waals surface area (Å²) < 4.78 is 35.5. The number of anilines is 2. The lowest BCUT2D eigenvalue weighted by Crippen LogP contribution is -2.39. The number of aromatic nitrogens is 1. The van der Waals surface area contributed by atoms with Gasteiger partial charge < -0.3 is 14.6 Å². The number of methoxy groups -OCH3 is 1. The van der Waals surface area contributed by atoms with E-state index in [2.05, 4.69) is 15.8 Å². The molecular formula is C30H29Cl2N5O5S. The minimum absolute atomic E-state index is 0.0673. The van der Waals surface area contributed by atoms with E-state index in [1.807, 2.05) is 24.5 Å². The number of hydrogen-bond acceptors (Lipinski definition) is 6. The lowest BCUT2D eigenvalue weighted by Gasteiger charge is -2.24. The number of nitrogens with one attached hydrogen (secondary N) is 2. The SMILES string of the molecule is COc1ccc(N(CC(=O)N/N=C/c2cc(C)n(-c3cc(Cl)cc(Cl)c3)c2C)S(=O)(=O)c2ccc(NC(C)=O)cc2)cc1. The van der Waals surface area contributed by atoms with E-state index >= 15 is 0 Å². The van der Waals surface area contributed by atoms with Crippen LogP contribution in [0.3, 0.4) is 0 Å². The van der Waals surface area contributed by atoms with Crippen molar-refractivity contribution in [3.05, 3.63) is 99.8 Å². The van der Waals surface area contributed by atoms with Crippen LogP contribution in [0.5, 0.6) is 5.75 Å². The molecule has 224 valence electrons. The Morgan fingerprint density at radius 1 is 0.977 bits per heavy atom. The lowest BCUT2D eigenvalue weighted by atomic mass is 10.2. The van der Waals surface area contributed by atoms with Crippen molar-refractivity contribution in [2.45, 2.75) is 25.7 Å². The Labute approximate surface area is 259 Å². The third-order valence-electron chi connectivity index (χ3n) is 6.38. The molecule has 0 fully saturated rings. The number of rotatable bonds is 10. The summed E-state index contributed by atoms with van der Waals surface area (Å²) in [4.78, 5) is 24.3. The van der Waals surface area contributed by atoms with E-state index in [-0.39, 0.29) is 16.5 Å². The van der Waals surface area contributed by atoms with Crippen molar-refractivity contribution >= 4 is 62.6 Å². The predicted molar refractivity (Wildman–Crippen MR) is 169 cm³/mol. The molecule has 4 aromatic rings. The van der Waals surface area contributed by atoms with Crippen LogP contribution in [0.25, 0.3) is 5.69 Å². The van der Waals surface area contributed by atoms with Gasteiger partial charge in [0.15, 0.2) is 0 Å². The maximum absolute atomic E-state index is 13.7. The topological polar surface area (TPSA) is 122 Å². The summed E-state index contributed by atoms with van der Waals surface area (Å²) in [5, 5.41) is 7.67. The van der Waals surface area contributed by atoms with Crippen molar-refractivity contribution in [3.8, 4) is 11.4 Å². The first-order chi connectivity index (χ1) is 20.4. The molecule has 0 aliphatic carbocycles. The number of amides is 2. The van der Waals surface area contributed by atoms with Gasteiger partial charge in [-0.1, -0.05) is 23.2 Å². The molecule has 0 unspecified atom stereocenters. The Bertz CT molecular complexity index is 1770. The van der Waals surface area contributed by atoms with Crippen molar-refractivity contribution in [1.82, 2.24) is 9.99 Å². The molecule has 1 heterocycles. The largest absolute Gasteiger partial charge is 0.497 e. The number of nitrogens with zero attached hydrogens (tertiary/aromatic N) is 3. The molecule has 0 radical (unpaired) electrons. The average Bonchev–Trinajstić information content (AvgIpc) is 3.23. The fourth-order valence-electron chi connectivity index (χ4n) is 4.43. The number of sulfonamides is 1. The summed E-state index contributed by atoms with van der Waals surface area (Å²) in [6.45, 7) is 4.60. The molecule has 2 amide bonds. The zero-order chi connectivity index (χ0) is 31.3. The van der Waals surface area contributed by atoms with Crippen LogP contribution in [-0.2, 0) is 19.6 Å². The monoisotopic (exact) mass is 641 g/mol. The van der Waals surface area contributed by atoms with Gasteiger partial charge in [0, 0.05) is 45.3 Å². The highest BCUT2D eigenvalue weighted by Crippen LogP contribution is 2.28. The number of benzene rings is 3. The van der Waals surface area contributed by atoms with Gasteiger partial charge in [-0.3, -0.25) is 13.9 Å². The van der Waals surface area contributed by atoms with Crippen LogP contribution in [0.15, 0.2) is 82.8 Å². The minimum atomic E-state index is -4.20. The maximum Gasteiger partial charge on any atom is 0.264 e. The molecule has 0 saturated heterocycles. The molecule has 0 atom stereocenters. The van der Waals surface area contributed by atoms with Gasteiger partial charge in [-0.05, 0) is 86.6 Å². The van der Waals surface area contributed by atoms with E-state index in [4.69, 9.17) is 27.9 Å². The molecule has 0 aliphatic heterocycles. The van der Waals surface area contributed by atoms with Gasteiger partial charge in [-0.15, -0.1) is 0 Å². The van der Waals surface area contributed by atoms with Crippen LogP contribution in [0, 0.1) is 13.8 Å². The molecule has 3 aromatic carbocycles. The Kier molecular flexibility index (Phi) is 9.80. The zero-order valence-electron chi connectivity index (χ0n) is 23.8. The first kappa shape index (κ1) is 31.6. The highest BCUT2D eigenvalue weighted by molar-refractivity contribution is 7.92. The Morgan fingerprint density at radius 2 is 1.60 bits per heavy atom. The van der Waals surface area contributed by atoms with Crippen LogP contribution in [0.1, 0.15) is 23.9 Å². The van der Waals surface area contributed by atoms with Crippen molar-refractivity contribution in [2.75, 3.05) is 23.3 Å². The van der Waals surface area contributed by atoms with Crippen molar-refractivity contribution in [1.29, 1.82) is 0 Å². The highest BCUT2D eigenvalue weighted by atomic mass is 35.5. The number of ether oxygens (including phenoxy) is 1. The highest BCUT2D eigenvalue weighted by Gasteiger charge is 2.27. The van der Waals surface area contributed by atoms with E-state index in [1.54, 1.807) is 30.3 Å². The number of hydrogen-bond donors (Lipinski definition) is 2. The van der Waals surface area contributed by atoms with E-state index in [1.165, 1.54) is 56.6 Å². The van der Waals surface area contributed by atoms with Crippen molar-refractivity contribution in [2.24, 2.45) is 5.10 Å². The number of carbonyl (C=O) groups excluding carboxylic acids is 2. The first-order valence-electron chi connectivity index (χ1n) is 12.9. The Morgan fingerprint density at radius 3 is 2.19 bits per heavy atom. The standard InChI is InChI=1S/C30H29Cl2N5O5S/c1-19-13-22(20(2)37(19)27-15-23(31)14-24(32)16-27)17-33-35-30(39)18-36(26-7-9-28(42-4)10-8-26)43(40,41)29-11-5-25(6-12-29)34-21(3)38/h5-17H,18H2,1-4H3,(H,34,38)(H,35,39)/b33-17+. The number of carbonyl (C=O) groups is 2. The number of hydrazone groups is 1. The molecule has 10 nitrogen and oxygen atoms in total. The average molecular weight is 643 g/mol. The van der Waals surface area contributed by atoms with Gasteiger partial charge in [0.25, 0.3) is 15.9 Å². The maximum atomic E-state index is 13.7. The minimum Gasteiger partial charge on any atom is -0.497 e. The molecule has 13 heteroatoms. The van der Waals surface area contributed by atoms with Crippen molar-refractivity contribution < 1.29 is 22.7 Å². The van der Waals surface area contributed by atoms with E-state index < -0.39 is 22.5 Å². The molecule has 1 aromatic heterocycles. The van der Waals surface area contributed by atoms with Gasteiger partial charge in [0.1, 0.15) is 12.3 Å². The number of aryl methyl sites for hydroxylation is 1. The summed E-state index contributed by atoms with van der Waals surface area (Å²) in [7, 11) is -2.70. The quantitative estimate of drug-likeness (QED) is 0.170. The smallest absolute Gasteiger partial charge is 0.264 e. The van der Waals surface area contributed by atoms with Crippen LogP contribution >= 0.6 is 23.2 Å². The molecule has 0 bridgehead atoms. The van der Waals surface area contributed by atoms with Gasteiger partial charge >= 0.3 is 0 Å². The second-order valence-electron chi connectivity index (χ2n) is 9.50. The third-order valence-corrected chi connectivity index (χ3v) is 8.60. The predicted octanol–water partition coefficient (Wildman–Crippen LogP) is 5.71. The lowest BCUT2D eigenvalue weighted by molar-refractivity contribution is -0.119. The molecular weight excluding hydrogens is 613 g/mol. The molecule has 4 rings (SSSR count). The Balaban J connectivity index is 1.56. The van der Waals surface area contributed by atoms with E-state index in [0.29, 0.717) is 21.5 Å². The summed E-state index contributed by atoms with van der Waals surface area (Å²) >= 11 is 12.4. The normalized spacial score (nSPS) is 11.4. The molecule has 0 aliphatic rings. The summed E-state index contributed by atoms with van der Waals surface area (Å²) in [5.41, 5.74) is 6.34. The van der Waals surface area contributed by atoms with Gasteiger partial charge in [-0.25, -0.2) is 13.8 Å². The van der Waals surface area contributed by atoms with Crippen LogP contribution in [0.4, 0.5) is 11.4 Å². The van der Waals surface area contributed by atoms with Crippen LogP contribution < -0.4 is 19.8 Å². The molecule has 43 heavy (non-hydrogen) atoms. The van der Waals surface area contributed by atoms with Gasteiger partial charge in [-0.2, -0.15) is 5.10 Å².